The van der Waals surface area contributed by atoms with Crippen LogP contribution in [-0.4, -0.2) is 24.7 Å². The lowest BCUT2D eigenvalue weighted by Gasteiger charge is -2.19. The Labute approximate surface area is 150 Å². The van der Waals surface area contributed by atoms with Gasteiger partial charge in [0.05, 0.1) is 11.7 Å². The summed E-state index contributed by atoms with van der Waals surface area (Å²) in [6.45, 7) is 3.99. The maximum Gasteiger partial charge on any atom is 0.223 e. The first-order valence-corrected chi connectivity index (χ1v) is 8.35. The SMILES string of the molecule is Cc1nn(C)c(C)c1C(Nc1ncccn1)c1c[nH]c2ccc(F)cc12. The average molecular weight is 350 g/mol. The van der Waals surface area contributed by atoms with Crippen LogP contribution in [0.5, 0.6) is 0 Å². The summed E-state index contributed by atoms with van der Waals surface area (Å²) in [5.74, 6) is 0.235. The van der Waals surface area contributed by atoms with Gasteiger partial charge in [0.25, 0.3) is 0 Å². The third-order valence-electron chi connectivity index (χ3n) is 4.68. The molecule has 0 radical (unpaired) electrons. The van der Waals surface area contributed by atoms with E-state index in [1.165, 1.54) is 6.07 Å². The van der Waals surface area contributed by atoms with Crippen molar-refractivity contribution in [3.8, 4) is 0 Å². The number of aromatic nitrogens is 5. The van der Waals surface area contributed by atoms with E-state index in [0.717, 1.165) is 33.4 Å². The normalized spacial score (nSPS) is 12.5. The highest BCUT2D eigenvalue weighted by atomic mass is 19.1. The van der Waals surface area contributed by atoms with Crippen LogP contribution in [0, 0.1) is 19.7 Å². The molecule has 6 nitrogen and oxygen atoms in total. The maximum absolute atomic E-state index is 13.9. The molecule has 1 atom stereocenters. The molecule has 0 fully saturated rings. The minimum Gasteiger partial charge on any atom is -0.361 e. The van der Waals surface area contributed by atoms with E-state index in [4.69, 9.17) is 0 Å². The number of nitrogens with zero attached hydrogens (tertiary/aromatic N) is 4. The van der Waals surface area contributed by atoms with Gasteiger partial charge in [0.1, 0.15) is 5.82 Å². The molecule has 0 bridgehead atoms. The van der Waals surface area contributed by atoms with Crippen molar-refractivity contribution >= 4 is 16.9 Å². The Morgan fingerprint density at radius 1 is 1.19 bits per heavy atom. The number of H-pyrrole nitrogens is 1. The summed E-state index contributed by atoms with van der Waals surface area (Å²) in [6.07, 6.45) is 5.27. The Balaban J connectivity index is 1.91. The molecule has 132 valence electrons. The van der Waals surface area contributed by atoms with Crippen LogP contribution in [-0.2, 0) is 7.05 Å². The van der Waals surface area contributed by atoms with Crippen LogP contribution in [0.1, 0.15) is 28.6 Å². The monoisotopic (exact) mass is 350 g/mol. The lowest BCUT2D eigenvalue weighted by molar-refractivity contribution is 0.629. The molecule has 0 aliphatic rings. The molecule has 3 heterocycles. The van der Waals surface area contributed by atoms with Crippen molar-refractivity contribution in [2.45, 2.75) is 19.9 Å². The molecule has 26 heavy (non-hydrogen) atoms. The Bertz CT molecular complexity index is 1070. The number of benzene rings is 1. The number of rotatable bonds is 4. The summed E-state index contributed by atoms with van der Waals surface area (Å²) < 4.78 is 15.7. The van der Waals surface area contributed by atoms with Crippen LogP contribution in [0.15, 0.2) is 42.9 Å². The first-order valence-electron chi connectivity index (χ1n) is 8.35. The fraction of sp³-hybridized carbons (Fsp3) is 0.211. The minimum atomic E-state index is -0.271. The molecule has 2 N–H and O–H groups in total. The summed E-state index contributed by atoms with van der Waals surface area (Å²) in [4.78, 5) is 11.8. The van der Waals surface area contributed by atoms with Crippen LogP contribution >= 0.6 is 0 Å². The highest BCUT2D eigenvalue weighted by Gasteiger charge is 2.25. The second kappa shape index (κ2) is 6.25. The van der Waals surface area contributed by atoms with Crippen LogP contribution in [0.25, 0.3) is 10.9 Å². The summed E-state index contributed by atoms with van der Waals surface area (Å²) in [7, 11) is 1.91. The molecule has 1 unspecified atom stereocenters. The first-order chi connectivity index (χ1) is 12.5. The lowest BCUT2D eigenvalue weighted by Crippen LogP contribution is -2.15. The standard InChI is InChI=1S/C19H19FN6/c1-11-17(12(2)26(3)25-11)18(24-19-21-7-4-8-22-19)15-10-23-16-6-5-13(20)9-14(15)16/h4-10,18,23H,1-3H3,(H,21,22,24). The second-order valence-electron chi connectivity index (χ2n) is 6.29. The highest BCUT2D eigenvalue weighted by molar-refractivity contribution is 5.84. The fourth-order valence-electron chi connectivity index (χ4n) is 3.37. The van der Waals surface area contributed by atoms with Crippen molar-refractivity contribution in [3.05, 3.63) is 71.2 Å². The molecule has 4 rings (SSSR count). The molecule has 0 spiro atoms. The highest BCUT2D eigenvalue weighted by Crippen LogP contribution is 2.34. The van der Waals surface area contributed by atoms with Gasteiger partial charge in [-0.25, -0.2) is 14.4 Å². The van der Waals surface area contributed by atoms with Gasteiger partial charge < -0.3 is 10.3 Å². The van der Waals surface area contributed by atoms with Crippen LogP contribution in [0.3, 0.4) is 0 Å². The fourth-order valence-corrected chi connectivity index (χ4v) is 3.37. The van der Waals surface area contributed by atoms with Gasteiger partial charge in [-0.1, -0.05) is 0 Å². The van der Waals surface area contributed by atoms with E-state index in [9.17, 15) is 4.39 Å². The zero-order chi connectivity index (χ0) is 18.3. The third-order valence-corrected chi connectivity index (χ3v) is 4.68. The van der Waals surface area contributed by atoms with Crippen molar-refractivity contribution in [3.63, 3.8) is 0 Å². The Kier molecular flexibility index (Phi) is 3.91. The van der Waals surface area contributed by atoms with Gasteiger partial charge >= 0.3 is 0 Å². The van der Waals surface area contributed by atoms with E-state index in [0.29, 0.717) is 5.95 Å². The average Bonchev–Trinajstić information content (AvgIpc) is 3.15. The van der Waals surface area contributed by atoms with E-state index in [-0.39, 0.29) is 11.9 Å². The molecule has 3 aromatic heterocycles. The number of aryl methyl sites for hydroxylation is 2. The zero-order valence-electron chi connectivity index (χ0n) is 14.8. The van der Waals surface area contributed by atoms with Crippen molar-refractivity contribution in [1.82, 2.24) is 24.7 Å². The van der Waals surface area contributed by atoms with E-state index < -0.39 is 0 Å². The summed E-state index contributed by atoms with van der Waals surface area (Å²) >= 11 is 0. The van der Waals surface area contributed by atoms with Gasteiger partial charge in [0, 0.05) is 53.4 Å². The van der Waals surface area contributed by atoms with E-state index in [1.807, 2.05) is 31.8 Å². The smallest absolute Gasteiger partial charge is 0.223 e. The third kappa shape index (κ3) is 2.71. The van der Waals surface area contributed by atoms with Crippen molar-refractivity contribution in [1.29, 1.82) is 0 Å². The van der Waals surface area contributed by atoms with Crippen molar-refractivity contribution in [2.24, 2.45) is 7.05 Å². The Hall–Kier alpha value is -3.22. The number of anilines is 1. The van der Waals surface area contributed by atoms with E-state index in [2.05, 4.69) is 25.4 Å². The Morgan fingerprint density at radius 2 is 1.96 bits per heavy atom. The second-order valence-corrected chi connectivity index (χ2v) is 6.29. The number of nitrogens with one attached hydrogen (secondary N) is 2. The minimum absolute atomic E-state index is 0.262. The van der Waals surface area contributed by atoms with Gasteiger partial charge in [0.2, 0.25) is 5.95 Å². The number of halogens is 1. The van der Waals surface area contributed by atoms with Crippen LogP contribution < -0.4 is 5.32 Å². The molecule has 1 aromatic carbocycles. The maximum atomic E-state index is 13.9. The number of aromatic amines is 1. The molecule has 0 aliphatic carbocycles. The van der Waals surface area contributed by atoms with E-state index in [1.54, 1.807) is 30.6 Å². The number of hydrogen-bond acceptors (Lipinski definition) is 4. The molecular formula is C19H19FN6. The predicted molar refractivity (Wildman–Crippen MR) is 98.4 cm³/mol. The number of hydrogen-bond donors (Lipinski definition) is 2. The molecule has 0 aliphatic heterocycles. The summed E-state index contributed by atoms with van der Waals surface area (Å²) in [6, 6.07) is 6.24. The van der Waals surface area contributed by atoms with Gasteiger partial charge in [-0.05, 0) is 38.1 Å². The van der Waals surface area contributed by atoms with Gasteiger partial charge in [-0.15, -0.1) is 0 Å². The lowest BCUT2D eigenvalue weighted by atomic mass is 9.96. The van der Waals surface area contributed by atoms with Crippen molar-refractivity contribution < 1.29 is 4.39 Å². The summed E-state index contributed by atoms with van der Waals surface area (Å²) in [5.41, 5.74) is 4.77. The Morgan fingerprint density at radius 3 is 2.65 bits per heavy atom. The van der Waals surface area contributed by atoms with Gasteiger partial charge in [-0.2, -0.15) is 5.10 Å². The first kappa shape index (κ1) is 16.3. The molecule has 4 aromatic rings. The molecular weight excluding hydrogens is 331 g/mol. The molecule has 0 amide bonds. The van der Waals surface area contributed by atoms with E-state index >= 15 is 0 Å². The summed E-state index contributed by atoms with van der Waals surface area (Å²) in [5, 5.41) is 8.74. The zero-order valence-corrected chi connectivity index (χ0v) is 14.8. The van der Waals surface area contributed by atoms with Crippen LogP contribution in [0.4, 0.5) is 10.3 Å². The number of fused-ring (bicyclic) bond motifs is 1. The topological polar surface area (TPSA) is 71.4 Å². The van der Waals surface area contributed by atoms with Crippen LogP contribution in [0.2, 0.25) is 0 Å². The van der Waals surface area contributed by atoms with Gasteiger partial charge in [-0.3, -0.25) is 4.68 Å². The molecule has 0 saturated carbocycles. The predicted octanol–water partition coefficient (Wildman–Crippen LogP) is 3.65. The quantitative estimate of drug-likeness (QED) is 0.589. The molecule has 7 heteroatoms. The largest absolute Gasteiger partial charge is 0.361 e. The van der Waals surface area contributed by atoms with Crippen molar-refractivity contribution in [2.75, 3.05) is 5.32 Å². The molecule has 0 saturated heterocycles. The van der Waals surface area contributed by atoms with Gasteiger partial charge in [0.15, 0.2) is 0 Å².